The van der Waals surface area contributed by atoms with Crippen molar-refractivity contribution in [2.45, 2.75) is 27.7 Å². The van der Waals surface area contributed by atoms with Crippen LogP contribution in [0.15, 0.2) is 18.3 Å². The van der Waals surface area contributed by atoms with Gasteiger partial charge in [0.05, 0.1) is 0 Å². The van der Waals surface area contributed by atoms with E-state index in [1.54, 1.807) is 12.3 Å². The van der Waals surface area contributed by atoms with E-state index in [0.29, 0.717) is 5.82 Å². The normalized spacial score (nSPS) is 8.31. The number of pyridine rings is 1. The molecule has 0 saturated heterocycles. The molecule has 1 amide bonds. The van der Waals surface area contributed by atoms with Gasteiger partial charge in [0, 0.05) is 13.1 Å². The molecule has 0 spiro atoms. The lowest BCUT2D eigenvalue weighted by molar-refractivity contribution is -0.114. The van der Waals surface area contributed by atoms with E-state index in [0.717, 1.165) is 5.56 Å². The Labute approximate surface area is 79.2 Å². The van der Waals surface area contributed by atoms with Crippen LogP contribution in [0.5, 0.6) is 0 Å². The Bertz CT molecular complexity index is 254. The Hall–Kier alpha value is -1.38. The fraction of sp³-hybridized carbons (Fsp3) is 0.400. The Morgan fingerprint density at radius 3 is 2.38 bits per heavy atom. The second-order valence-electron chi connectivity index (χ2n) is 2.40. The van der Waals surface area contributed by atoms with E-state index in [1.165, 1.54) is 6.92 Å². The number of aryl methyl sites for hydroxylation is 1. The van der Waals surface area contributed by atoms with E-state index in [-0.39, 0.29) is 5.91 Å². The first kappa shape index (κ1) is 11.6. The highest BCUT2D eigenvalue weighted by molar-refractivity contribution is 5.87. The zero-order valence-corrected chi connectivity index (χ0v) is 8.59. The Balaban J connectivity index is 0.000000671. The highest BCUT2D eigenvalue weighted by Gasteiger charge is 1.93. The van der Waals surface area contributed by atoms with Crippen molar-refractivity contribution in [2.75, 3.05) is 5.32 Å². The maximum atomic E-state index is 10.5. The summed E-state index contributed by atoms with van der Waals surface area (Å²) in [6.45, 7) is 7.41. The van der Waals surface area contributed by atoms with E-state index in [4.69, 9.17) is 0 Å². The van der Waals surface area contributed by atoms with Crippen molar-refractivity contribution < 1.29 is 4.79 Å². The number of rotatable bonds is 1. The lowest BCUT2D eigenvalue weighted by Gasteiger charge is -1.99. The third kappa shape index (κ3) is 4.95. The van der Waals surface area contributed by atoms with Gasteiger partial charge >= 0.3 is 0 Å². The fourth-order valence-corrected chi connectivity index (χ4v) is 0.722. The Morgan fingerprint density at radius 2 is 2.00 bits per heavy atom. The third-order valence-corrected chi connectivity index (χ3v) is 1.22. The summed E-state index contributed by atoms with van der Waals surface area (Å²) in [5.74, 6) is 0.504. The number of hydrogen-bond donors (Lipinski definition) is 1. The molecule has 0 bridgehead atoms. The lowest BCUT2D eigenvalue weighted by Crippen LogP contribution is -2.06. The third-order valence-electron chi connectivity index (χ3n) is 1.22. The molecular weight excluding hydrogens is 164 g/mol. The molecule has 0 fully saturated rings. The summed E-state index contributed by atoms with van der Waals surface area (Å²) in [4.78, 5) is 14.5. The van der Waals surface area contributed by atoms with Crippen molar-refractivity contribution in [1.29, 1.82) is 0 Å². The highest BCUT2D eigenvalue weighted by atomic mass is 16.1. The van der Waals surface area contributed by atoms with Crippen molar-refractivity contribution in [2.24, 2.45) is 0 Å². The minimum atomic E-state index is -0.0960. The van der Waals surface area contributed by atoms with Gasteiger partial charge in [0.15, 0.2) is 0 Å². The van der Waals surface area contributed by atoms with Gasteiger partial charge in [-0.25, -0.2) is 4.98 Å². The molecule has 0 aliphatic heterocycles. The topological polar surface area (TPSA) is 42.0 Å². The van der Waals surface area contributed by atoms with Gasteiger partial charge in [-0.3, -0.25) is 4.79 Å². The smallest absolute Gasteiger partial charge is 0.222 e. The van der Waals surface area contributed by atoms with E-state index in [1.807, 2.05) is 26.8 Å². The van der Waals surface area contributed by atoms with Crippen LogP contribution in [0.2, 0.25) is 0 Å². The first-order valence-corrected chi connectivity index (χ1v) is 4.39. The van der Waals surface area contributed by atoms with Gasteiger partial charge in [-0.2, -0.15) is 0 Å². The molecule has 72 valence electrons. The Kier molecular flexibility index (Phi) is 5.52. The minimum absolute atomic E-state index is 0.0960. The molecule has 0 aliphatic carbocycles. The van der Waals surface area contributed by atoms with Crippen LogP contribution in [-0.4, -0.2) is 10.9 Å². The van der Waals surface area contributed by atoms with Gasteiger partial charge in [-0.05, 0) is 18.6 Å². The molecule has 3 heteroatoms. The van der Waals surface area contributed by atoms with Crippen molar-refractivity contribution in [3.63, 3.8) is 0 Å². The SMILES string of the molecule is CC.CC(=O)Nc1ccc(C)cn1. The summed E-state index contributed by atoms with van der Waals surface area (Å²) in [6, 6.07) is 3.68. The number of carbonyl (C=O) groups excluding carboxylic acids is 1. The summed E-state index contributed by atoms with van der Waals surface area (Å²) < 4.78 is 0. The van der Waals surface area contributed by atoms with Crippen molar-refractivity contribution >= 4 is 11.7 Å². The number of carbonyl (C=O) groups is 1. The molecule has 1 N–H and O–H groups in total. The first-order chi connectivity index (χ1) is 6.18. The van der Waals surface area contributed by atoms with Crippen LogP contribution in [0.3, 0.4) is 0 Å². The number of nitrogens with zero attached hydrogens (tertiary/aromatic N) is 1. The molecule has 0 saturated carbocycles. The molecule has 13 heavy (non-hydrogen) atoms. The van der Waals surface area contributed by atoms with E-state index < -0.39 is 0 Å². The molecule has 1 heterocycles. The van der Waals surface area contributed by atoms with Gasteiger partial charge in [-0.1, -0.05) is 19.9 Å². The van der Waals surface area contributed by atoms with Crippen LogP contribution in [0.25, 0.3) is 0 Å². The molecule has 0 radical (unpaired) electrons. The van der Waals surface area contributed by atoms with Crippen LogP contribution < -0.4 is 5.32 Å². The largest absolute Gasteiger partial charge is 0.311 e. The second-order valence-corrected chi connectivity index (χ2v) is 2.40. The predicted octanol–water partition coefficient (Wildman–Crippen LogP) is 2.37. The lowest BCUT2D eigenvalue weighted by atomic mass is 10.3. The summed E-state index contributed by atoms with van der Waals surface area (Å²) in [5, 5.41) is 2.58. The minimum Gasteiger partial charge on any atom is -0.311 e. The fourth-order valence-electron chi connectivity index (χ4n) is 0.722. The summed E-state index contributed by atoms with van der Waals surface area (Å²) >= 11 is 0. The zero-order chi connectivity index (χ0) is 10.3. The van der Waals surface area contributed by atoms with Gasteiger partial charge in [0.1, 0.15) is 5.82 Å². The maximum absolute atomic E-state index is 10.5. The molecule has 1 aromatic heterocycles. The predicted molar refractivity (Wildman–Crippen MR) is 54.6 cm³/mol. The van der Waals surface area contributed by atoms with Crippen LogP contribution >= 0.6 is 0 Å². The average molecular weight is 180 g/mol. The molecule has 0 atom stereocenters. The summed E-state index contributed by atoms with van der Waals surface area (Å²) in [6.07, 6.45) is 1.71. The first-order valence-electron chi connectivity index (χ1n) is 4.39. The van der Waals surface area contributed by atoms with Crippen molar-refractivity contribution in [3.8, 4) is 0 Å². The van der Waals surface area contributed by atoms with Gasteiger partial charge in [0.25, 0.3) is 0 Å². The standard InChI is InChI=1S/C8H10N2O.C2H6/c1-6-3-4-8(9-5-6)10-7(2)11;1-2/h3-5H,1-2H3,(H,9,10,11);1-2H3. The maximum Gasteiger partial charge on any atom is 0.222 e. The van der Waals surface area contributed by atoms with Crippen molar-refractivity contribution in [3.05, 3.63) is 23.9 Å². The van der Waals surface area contributed by atoms with Crippen molar-refractivity contribution in [1.82, 2.24) is 4.98 Å². The van der Waals surface area contributed by atoms with E-state index in [2.05, 4.69) is 10.3 Å². The summed E-state index contributed by atoms with van der Waals surface area (Å²) in [5.41, 5.74) is 1.08. The molecule has 0 aromatic carbocycles. The number of amides is 1. The van der Waals surface area contributed by atoms with E-state index >= 15 is 0 Å². The molecule has 1 rings (SSSR count). The molecule has 0 aliphatic rings. The average Bonchev–Trinajstić information content (AvgIpc) is 2.12. The number of anilines is 1. The molecule has 0 unspecified atom stereocenters. The van der Waals surface area contributed by atoms with Gasteiger partial charge in [0.2, 0.25) is 5.91 Å². The van der Waals surface area contributed by atoms with Crippen LogP contribution in [0.1, 0.15) is 26.3 Å². The quantitative estimate of drug-likeness (QED) is 0.721. The second kappa shape index (κ2) is 6.17. The molecule has 1 aromatic rings. The summed E-state index contributed by atoms with van der Waals surface area (Å²) in [7, 11) is 0. The number of nitrogens with one attached hydrogen (secondary N) is 1. The van der Waals surface area contributed by atoms with Crippen LogP contribution in [0, 0.1) is 6.92 Å². The monoisotopic (exact) mass is 180 g/mol. The number of hydrogen-bond acceptors (Lipinski definition) is 2. The molecular formula is C10H16N2O. The van der Waals surface area contributed by atoms with Crippen LogP contribution in [0.4, 0.5) is 5.82 Å². The van der Waals surface area contributed by atoms with Crippen LogP contribution in [-0.2, 0) is 4.79 Å². The Morgan fingerprint density at radius 1 is 1.38 bits per heavy atom. The molecule has 3 nitrogen and oxygen atoms in total. The van der Waals surface area contributed by atoms with Gasteiger partial charge < -0.3 is 5.32 Å². The number of aromatic nitrogens is 1. The zero-order valence-electron chi connectivity index (χ0n) is 8.59. The van der Waals surface area contributed by atoms with Gasteiger partial charge in [-0.15, -0.1) is 0 Å². The highest BCUT2D eigenvalue weighted by Crippen LogP contribution is 2.02. The van der Waals surface area contributed by atoms with E-state index in [9.17, 15) is 4.79 Å².